The topological polar surface area (TPSA) is 99.2 Å². The summed E-state index contributed by atoms with van der Waals surface area (Å²) in [5.74, 6) is -1.05. The number of nitrogens with zero attached hydrogens (tertiary/aromatic N) is 2. The van der Waals surface area contributed by atoms with E-state index in [9.17, 15) is 9.59 Å². The Balaban J connectivity index is 0.00000364. The second kappa shape index (κ2) is 13.1. The van der Waals surface area contributed by atoms with Crippen molar-refractivity contribution in [2.75, 3.05) is 13.2 Å². The van der Waals surface area contributed by atoms with Crippen LogP contribution >= 0.6 is 24.8 Å². The Hall–Kier alpha value is -2.09. The van der Waals surface area contributed by atoms with Crippen molar-refractivity contribution < 1.29 is 14.3 Å². The molecule has 1 amide bonds. The minimum atomic E-state index is -0.718. The van der Waals surface area contributed by atoms with E-state index in [1.54, 1.807) is 20.2 Å². The quantitative estimate of drug-likeness (QED) is 0.592. The first-order valence-corrected chi connectivity index (χ1v) is 8.74. The van der Waals surface area contributed by atoms with Crippen molar-refractivity contribution in [1.82, 2.24) is 14.9 Å². The number of benzene rings is 1. The molecule has 156 valence electrons. The normalized spacial score (nSPS) is 12.1. The molecule has 0 aliphatic rings. The van der Waals surface area contributed by atoms with E-state index < -0.39 is 12.0 Å². The fourth-order valence-electron chi connectivity index (χ4n) is 2.46. The molecule has 3 N–H and O–H groups in total. The monoisotopic (exact) mass is 430 g/mol. The number of amides is 1. The number of esters is 1. The molecular formula is C19H28Cl2N4O3. The highest BCUT2D eigenvalue weighted by Crippen LogP contribution is 2.05. The van der Waals surface area contributed by atoms with Crippen molar-refractivity contribution in [3.05, 3.63) is 54.1 Å². The van der Waals surface area contributed by atoms with Gasteiger partial charge in [-0.25, -0.2) is 4.98 Å². The average Bonchev–Trinajstić information content (AvgIpc) is 3.07. The number of carbonyl (C=O) groups is 2. The molecule has 2 atom stereocenters. The van der Waals surface area contributed by atoms with Gasteiger partial charge in [-0.05, 0) is 12.5 Å². The maximum atomic E-state index is 12.1. The minimum absolute atomic E-state index is 0. The molecule has 1 aromatic carbocycles. The van der Waals surface area contributed by atoms with Gasteiger partial charge in [-0.2, -0.15) is 0 Å². The van der Waals surface area contributed by atoms with E-state index in [1.807, 2.05) is 41.1 Å². The zero-order valence-electron chi connectivity index (χ0n) is 16.0. The third-order valence-electron chi connectivity index (χ3n) is 3.93. The summed E-state index contributed by atoms with van der Waals surface area (Å²) in [6.45, 7) is 4.69. The summed E-state index contributed by atoms with van der Waals surface area (Å²) in [6, 6.07) is 9.33. The lowest BCUT2D eigenvalue weighted by molar-refractivity contribution is -0.147. The molecule has 7 nitrogen and oxygen atoms in total. The second-order valence-electron chi connectivity index (χ2n) is 6.23. The van der Waals surface area contributed by atoms with Crippen LogP contribution in [0.5, 0.6) is 0 Å². The smallest absolute Gasteiger partial charge is 0.310 e. The maximum Gasteiger partial charge on any atom is 0.310 e. The number of ether oxygens (including phenoxy) is 1. The molecule has 2 aromatic rings. The number of nitrogens with one attached hydrogen (secondary N) is 1. The molecule has 0 spiro atoms. The van der Waals surface area contributed by atoms with E-state index in [0.29, 0.717) is 19.6 Å². The third-order valence-corrected chi connectivity index (χ3v) is 3.93. The molecule has 2 rings (SSSR count). The van der Waals surface area contributed by atoms with E-state index in [4.69, 9.17) is 10.5 Å². The van der Waals surface area contributed by atoms with Crippen LogP contribution < -0.4 is 11.1 Å². The average molecular weight is 431 g/mol. The Morgan fingerprint density at radius 1 is 1.25 bits per heavy atom. The second-order valence-corrected chi connectivity index (χ2v) is 6.23. The summed E-state index contributed by atoms with van der Waals surface area (Å²) >= 11 is 0. The van der Waals surface area contributed by atoms with Gasteiger partial charge in [-0.3, -0.25) is 9.59 Å². The van der Waals surface area contributed by atoms with Gasteiger partial charge < -0.3 is 20.4 Å². The summed E-state index contributed by atoms with van der Waals surface area (Å²) in [7, 11) is 0. The predicted octanol–water partition coefficient (Wildman–Crippen LogP) is 1.96. The van der Waals surface area contributed by atoms with Crippen molar-refractivity contribution in [1.29, 1.82) is 0 Å². The van der Waals surface area contributed by atoms with E-state index in [2.05, 4.69) is 10.3 Å². The van der Waals surface area contributed by atoms with Gasteiger partial charge in [0, 0.05) is 25.7 Å². The Kier molecular flexibility index (Phi) is 12.2. The molecule has 0 fully saturated rings. The van der Waals surface area contributed by atoms with Gasteiger partial charge in [0.1, 0.15) is 0 Å². The van der Waals surface area contributed by atoms with E-state index in [0.717, 1.165) is 5.69 Å². The van der Waals surface area contributed by atoms with Crippen molar-refractivity contribution in [2.45, 2.75) is 32.9 Å². The van der Waals surface area contributed by atoms with Gasteiger partial charge in [0.2, 0.25) is 5.91 Å². The highest BCUT2D eigenvalue weighted by atomic mass is 35.5. The molecule has 1 heterocycles. The minimum Gasteiger partial charge on any atom is -0.466 e. The van der Waals surface area contributed by atoms with Crippen LogP contribution in [0.3, 0.4) is 0 Å². The summed E-state index contributed by atoms with van der Waals surface area (Å²) < 4.78 is 6.87. The van der Waals surface area contributed by atoms with Gasteiger partial charge in [0.15, 0.2) is 0 Å². The number of imidazole rings is 1. The van der Waals surface area contributed by atoms with Crippen LogP contribution in [-0.2, 0) is 27.3 Å². The lowest BCUT2D eigenvalue weighted by atomic mass is 10.1. The first kappa shape index (κ1) is 25.9. The molecule has 0 saturated carbocycles. The number of hydrogen-bond acceptors (Lipinski definition) is 5. The van der Waals surface area contributed by atoms with Gasteiger partial charge >= 0.3 is 5.97 Å². The Bertz CT molecular complexity index is 725. The summed E-state index contributed by atoms with van der Waals surface area (Å²) in [6.07, 6.45) is 3.96. The van der Waals surface area contributed by atoms with Gasteiger partial charge in [0.05, 0.1) is 30.6 Å². The number of hydrogen-bond donors (Lipinski definition) is 2. The predicted molar refractivity (Wildman–Crippen MR) is 113 cm³/mol. The molecule has 0 aliphatic heterocycles. The van der Waals surface area contributed by atoms with Crippen molar-refractivity contribution >= 4 is 36.7 Å². The highest BCUT2D eigenvalue weighted by molar-refractivity contribution is 5.85. The molecule has 0 aliphatic carbocycles. The summed E-state index contributed by atoms with van der Waals surface area (Å²) in [5, 5.41) is 2.69. The Labute approximate surface area is 177 Å². The van der Waals surface area contributed by atoms with Crippen LogP contribution in [0.15, 0.2) is 42.9 Å². The van der Waals surface area contributed by atoms with E-state index in [1.165, 1.54) is 5.56 Å². The van der Waals surface area contributed by atoms with Crippen LogP contribution in [0.1, 0.15) is 25.1 Å². The SMILES string of the molecule is CCOC(=O)C(C)CNC(=O)[C@@H](N)Cc1cn(Cc2ccccc2)cn1.Cl.Cl. The molecule has 0 bridgehead atoms. The highest BCUT2D eigenvalue weighted by Gasteiger charge is 2.19. The fraction of sp³-hybridized carbons (Fsp3) is 0.421. The molecule has 1 aromatic heterocycles. The molecular weight excluding hydrogens is 403 g/mol. The fourth-order valence-corrected chi connectivity index (χ4v) is 2.46. The first-order chi connectivity index (χ1) is 12.5. The molecule has 28 heavy (non-hydrogen) atoms. The van der Waals surface area contributed by atoms with Crippen molar-refractivity contribution in [2.24, 2.45) is 11.7 Å². The van der Waals surface area contributed by atoms with Crippen LogP contribution in [0.2, 0.25) is 0 Å². The summed E-state index contributed by atoms with van der Waals surface area (Å²) in [5.41, 5.74) is 7.88. The maximum absolute atomic E-state index is 12.1. The largest absolute Gasteiger partial charge is 0.466 e. The standard InChI is InChI=1S/C19H26N4O3.2ClH/c1-3-26-19(25)14(2)10-21-18(24)17(20)9-16-12-23(13-22-16)11-15-7-5-4-6-8-15;;/h4-8,12-14,17H,3,9-11,20H2,1-2H3,(H,21,24);2*1H/t14?,17-;;/m0../s1. The van der Waals surface area contributed by atoms with Gasteiger partial charge in [-0.15, -0.1) is 24.8 Å². The van der Waals surface area contributed by atoms with Gasteiger partial charge in [0.25, 0.3) is 0 Å². The van der Waals surface area contributed by atoms with E-state index in [-0.39, 0.29) is 43.2 Å². The van der Waals surface area contributed by atoms with E-state index >= 15 is 0 Å². The molecule has 9 heteroatoms. The lowest BCUT2D eigenvalue weighted by Gasteiger charge is -2.14. The number of carbonyl (C=O) groups excluding carboxylic acids is 2. The van der Waals surface area contributed by atoms with Crippen LogP contribution in [0.25, 0.3) is 0 Å². The Morgan fingerprint density at radius 2 is 1.93 bits per heavy atom. The Morgan fingerprint density at radius 3 is 2.57 bits per heavy atom. The van der Waals surface area contributed by atoms with Crippen molar-refractivity contribution in [3.63, 3.8) is 0 Å². The third kappa shape index (κ3) is 8.29. The van der Waals surface area contributed by atoms with Gasteiger partial charge in [-0.1, -0.05) is 37.3 Å². The molecule has 0 radical (unpaired) electrons. The van der Waals surface area contributed by atoms with Crippen molar-refractivity contribution in [3.8, 4) is 0 Å². The summed E-state index contributed by atoms with van der Waals surface area (Å²) in [4.78, 5) is 28.0. The number of aromatic nitrogens is 2. The number of rotatable bonds is 9. The number of halogens is 2. The van der Waals surface area contributed by atoms with Crippen LogP contribution in [0.4, 0.5) is 0 Å². The zero-order valence-corrected chi connectivity index (χ0v) is 17.7. The zero-order chi connectivity index (χ0) is 18.9. The molecule has 0 saturated heterocycles. The lowest BCUT2D eigenvalue weighted by Crippen LogP contribution is -2.44. The number of nitrogens with two attached hydrogens (primary N) is 1. The van der Waals surface area contributed by atoms with Crippen LogP contribution in [0, 0.1) is 5.92 Å². The molecule has 1 unspecified atom stereocenters. The van der Waals surface area contributed by atoms with Crippen LogP contribution in [-0.4, -0.2) is 40.6 Å². The first-order valence-electron chi connectivity index (χ1n) is 8.74.